The number of aromatic nitrogens is 8. The van der Waals surface area contributed by atoms with Crippen molar-refractivity contribution in [3.05, 3.63) is 29.3 Å². The Hall–Kier alpha value is -3.11. The van der Waals surface area contributed by atoms with E-state index in [0.717, 1.165) is 21.8 Å². The topological polar surface area (TPSA) is 269 Å². The molecule has 7 heterocycles. The number of alkyl halides is 2. The predicted molar refractivity (Wildman–Crippen MR) is 148 cm³/mol. The standard InChI is InChI=1S/C20H22F2N10O10P2S/c21-8-6-1-37-43(34,35)41-12-7(40-18(9(12)22)31-4-27-10-14(23)25-3-26-15(10)31)2-38-44(36,45)42-13(8)19(39-6)32-5-28-11-16(32)29-20(24)30-17(11)33/h3-9,12-13,18-19H,1-2H2,(H,34,35)(H,36,45)(H2,23,25,26)(H3,24,29,30,33)/t6-,7-,8?,9?,12?,13?,18-,19-,44?/m1/s1. The lowest BCUT2D eigenvalue weighted by Crippen LogP contribution is -2.34. The van der Waals surface area contributed by atoms with Gasteiger partial charge in [-0.05, 0) is 0 Å². The van der Waals surface area contributed by atoms with Crippen molar-refractivity contribution in [1.82, 2.24) is 39.0 Å². The molecule has 6 unspecified atom stereocenters. The van der Waals surface area contributed by atoms with Crippen LogP contribution in [0.3, 0.4) is 0 Å². The number of phosphoric acid groups is 1. The monoisotopic (exact) mass is 694 g/mol. The van der Waals surface area contributed by atoms with Gasteiger partial charge in [-0.1, -0.05) is 12.2 Å². The number of ether oxygens (including phenoxy) is 2. The zero-order valence-electron chi connectivity index (χ0n) is 22.3. The number of hydrogen-bond acceptors (Lipinski definition) is 16. The van der Waals surface area contributed by atoms with Gasteiger partial charge < -0.3 is 25.8 Å². The summed E-state index contributed by atoms with van der Waals surface area (Å²) in [5.41, 5.74) is 10.6. The predicted octanol–water partition coefficient (Wildman–Crippen LogP) is 0.550. The minimum Gasteiger partial charge on any atom is -0.382 e. The Bertz CT molecular complexity index is 1950. The zero-order valence-corrected chi connectivity index (χ0v) is 25.0. The summed E-state index contributed by atoms with van der Waals surface area (Å²) in [7, 11) is -5.16. The minimum absolute atomic E-state index is 0.00627. The van der Waals surface area contributed by atoms with E-state index in [4.69, 9.17) is 39.0 Å². The van der Waals surface area contributed by atoms with Crippen molar-refractivity contribution in [2.45, 2.75) is 49.2 Å². The van der Waals surface area contributed by atoms with Crippen molar-refractivity contribution in [2.24, 2.45) is 0 Å². The number of rotatable bonds is 2. The number of fused-ring (bicyclic) bond motifs is 5. The molecule has 3 fully saturated rings. The lowest BCUT2D eigenvalue weighted by molar-refractivity contribution is -0.0611. The Morgan fingerprint density at radius 1 is 0.911 bits per heavy atom. The molecule has 3 aliphatic heterocycles. The summed E-state index contributed by atoms with van der Waals surface area (Å²) in [5.74, 6) is -0.285. The van der Waals surface area contributed by atoms with Gasteiger partial charge in [-0.15, -0.1) is 0 Å². The van der Waals surface area contributed by atoms with Crippen LogP contribution in [0.4, 0.5) is 20.5 Å². The molecule has 20 nitrogen and oxygen atoms in total. The second-order valence-electron chi connectivity index (χ2n) is 10.0. The fourth-order valence-electron chi connectivity index (χ4n) is 5.23. The molecule has 10 atom stereocenters. The number of nitrogens with one attached hydrogen (secondary N) is 1. The molecule has 4 aromatic heterocycles. The van der Waals surface area contributed by atoms with Gasteiger partial charge in [0, 0.05) is 0 Å². The maximum Gasteiger partial charge on any atom is 0.472 e. The number of phosphoric ester groups is 1. The van der Waals surface area contributed by atoms with Crippen LogP contribution in [-0.2, 0) is 36.7 Å². The minimum atomic E-state index is -5.16. The molecule has 3 aliphatic rings. The Morgan fingerprint density at radius 2 is 1.60 bits per heavy atom. The molecule has 242 valence electrons. The summed E-state index contributed by atoms with van der Waals surface area (Å²) < 4.78 is 92.7. The van der Waals surface area contributed by atoms with Gasteiger partial charge in [0.1, 0.15) is 36.3 Å². The van der Waals surface area contributed by atoms with Crippen LogP contribution in [0.25, 0.3) is 22.3 Å². The highest BCUT2D eigenvalue weighted by atomic mass is 32.7. The molecule has 7 rings (SSSR count). The average Bonchev–Trinajstić information content (AvgIpc) is 3.72. The van der Waals surface area contributed by atoms with Crippen LogP contribution in [-0.4, -0.2) is 93.9 Å². The molecular weight excluding hydrogens is 672 g/mol. The maximum atomic E-state index is 15.9. The van der Waals surface area contributed by atoms with Crippen LogP contribution in [0.15, 0.2) is 23.8 Å². The van der Waals surface area contributed by atoms with Gasteiger partial charge in [-0.2, -0.15) is 4.98 Å². The summed E-state index contributed by atoms with van der Waals surface area (Å²) in [6.45, 7) is -6.25. The van der Waals surface area contributed by atoms with Crippen molar-refractivity contribution >= 4 is 61.0 Å². The van der Waals surface area contributed by atoms with E-state index >= 15 is 8.78 Å². The molecule has 6 N–H and O–H groups in total. The summed E-state index contributed by atoms with van der Waals surface area (Å²) in [5, 5.41) is 0. The third kappa shape index (κ3) is 5.41. The van der Waals surface area contributed by atoms with E-state index in [1.54, 1.807) is 0 Å². The highest BCUT2D eigenvalue weighted by molar-refractivity contribution is 8.44. The fourth-order valence-corrected chi connectivity index (χ4v) is 7.64. The molecular formula is C20H22F2N10O10P2S. The van der Waals surface area contributed by atoms with Crippen molar-refractivity contribution in [2.75, 3.05) is 24.7 Å². The van der Waals surface area contributed by atoms with Gasteiger partial charge in [0.15, 0.2) is 47.4 Å². The van der Waals surface area contributed by atoms with E-state index in [1.165, 1.54) is 6.33 Å². The first-order chi connectivity index (χ1) is 21.3. The number of H-pyrrole nitrogens is 1. The molecule has 0 radical (unpaired) electrons. The second-order valence-corrected chi connectivity index (χ2v) is 14.3. The van der Waals surface area contributed by atoms with Crippen LogP contribution in [0.1, 0.15) is 12.5 Å². The molecule has 0 spiro atoms. The largest absolute Gasteiger partial charge is 0.472 e. The maximum absolute atomic E-state index is 15.9. The fraction of sp³-hybridized carbons (Fsp3) is 0.500. The molecule has 0 saturated carbocycles. The lowest BCUT2D eigenvalue weighted by atomic mass is 10.1. The smallest absolute Gasteiger partial charge is 0.382 e. The SMILES string of the molecule is Nc1nc2c(ncn2[C@@H]2O[C@@H]3COP(=O)(O)OC4C(F)[C@H](n5cnc6c(N)ncnc65)O[C@@H]4COP(=O)(S)OC2C3F)c(=O)[nH]1. The van der Waals surface area contributed by atoms with Crippen molar-refractivity contribution in [1.29, 1.82) is 0 Å². The van der Waals surface area contributed by atoms with Gasteiger partial charge >= 0.3 is 14.6 Å². The number of halogens is 2. The van der Waals surface area contributed by atoms with Gasteiger partial charge in [0.25, 0.3) is 5.56 Å². The van der Waals surface area contributed by atoms with Gasteiger partial charge in [-0.25, -0.2) is 37.8 Å². The van der Waals surface area contributed by atoms with Crippen LogP contribution in [0.5, 0.6) is 0 Å². The Morgan fingerprint density at radius 3 is 2.38 bits per heavy atom. The quantitative estimate of drug-likeness (QED) is 0.142. The number of imidazole rings is 2. The summed E-state index contributed by atoms with van der Waals surface area (Å²) >= 11 is 3.95. The second kappa shape index (κ2) is 11.0. The van der Waals surface area contributed by atoms with Crippen molar-refractivity contribution in [3.8, 4) is 0 Å². The summed E-state index contributed by atoms with van der Waals surface area (Å²) in [6, 6.07) is 0. The number of nitrogen functional groups attached to an aromatic ring is 2. The zero-order chi connectivity index (χ0) is 31.8. The van der Waals surface area contributed by atoms with Crippen LogP contribution < -0.4 is 17.0 Å². The molecule has 0 aliphatic carbocycles. The number of thiol groups is 1. The van der Waals surface area contributed by atoms with Gasteiger partial charge in [0.2, 0.25) is 5.95 Å². The lowest BCUT2D eigenvalue weighted by Gasteiger charge is -2.25. The van der Waals surface area contributed by atoms with E-state index in [2.05, 4.69) is 42.2 Å². The molecule has 45 heavy (non-hydrogen) atoms. The van der Waals surface area contributed by atoms with Gasteiger partial charge in [-0.3, -0.25) is 37.0 Å². The van der Waals surface area contributed by atoms with Crippen molar-refractivity contribution < 1.29 is 50.4 Å². The third-order valence-electron chi connectivity index (χ3n) is 7.23. The van der Waals surface area contributed by atoms with E-state index in [1.807, 2.05) is 0 Å². The molecule has 3 saturated heterocycles. The Kier molecular flexibility index (Phi) is 7.47. The third-order valence-corrected chi connectivity index (χ3v) is 9.83. The molecule has 0 amide bonds. The van der Waals surface area contributed by atoms with Crippen LogP contribution in [0, 0.1) is 0 Å². The molecule has 2 bridgehead atoms. The number of anilines is 2. The van der Waals surface area contributed by atoms with Gasteiger partial charge in [0.05, 0.1) is 25.9 Å². The number of aromatic amines is 1. The number of nitrogens with two attached hydrogens (primary N) is 2. The highest BCUT2D eigenvalue weighted by Crippen LogP contribution is 2.58. The van der Waals surface area contributed by atoms with Crippen LogP contribution in [0.2, 0.25) is 0 Å². The first-order valence-electron chi connectivity index (χ1n) is 12.9. The highest BCUT2D eigenvalue weighted by Gasteiger charge is 2.54. The normalized spacial score (nSPS) is 37.7. The first-order valence-corrected chi connectivity index (χ1v) is 17.1. The van der Waals surface area contributed by atoms with E-state index < -0.39 is 82.6 Å². The Labute approximate surface area is 253 Å². The average molecular weight is 694 g/mol. The summed E-state index contributed by atoms with van der Waals surface area (Å²) in [4.78, 5) is 44.9. The molecule has 0 aromatic carbocycles. The van der Waals surface area contributed by atoms with Crippen LogP contribution >= 0.6 is 26.9 Å². The number of hydrogen-bond donors (Lipinski definition) is 5. The van der Waals surface area contributed by atoms with E-state index in [9.17, 15) is 18.8 Å². The van der Waals surface area contributed by atoms with E-state index in [0.29, 0.717) is 0 Å². The number of nitrogens with zero attached hydrogens (tertiary/aromatic N) is 7. The summed E-state index contributed by atoms with van der Waals surface area (Å²) in [6.07, 6.45) is -10.9. The Balaban J connectivity index is 1.21. The molecule has 25 heteroatoms. The first kappa shape index (κ1) is 30.5. The molecule has 4 aromatic rings. The van der Waals surface area contributed by atoms with Crippen molar-refractivity contribution in [3.63, 3.8) is 0 Å². The van der Waals surface area contributed by atoms with E-state index in [-0.39, 0.29) is 34.1 Å².